The van der Waals surface area contributed by atoms with Gasteiger partial charge in [0.25, 0.3) is 0 Å². The fourth-order valence-electron chi connectivity index (χ4n) is 5.18. The number of fused-ring (bicyclic) bond motifs is 1. The van der Waals surface area contributed by atoms with Crippen molar-refractivity contribution in [3.8, 4) is 17.0 Å². The summed E-state index contributed by atoms with van der Waals surface area (Å²) in [5, 5.41) is 2.33. The van der Waals surface area contributed by atoms with E-state index in [1.807, 2.05) is 0 Å². The standard InChI is InChI=1S/C28H30BrN2O/c29-21-32-28-19-23(18-22-10-6-7-13-26(22)28)27-15-14-24(30-27)20-31(16-8-1-2-9-17-31)25-11-4-3-5-12-25/h3-7,10-15,18-19,30H,1-2,8-9,16-17,20-21H2/q+1. The highest BCUT2D eigenvalue weighted by molar-refractivity contribution is 9.09. The maximum atomic E-state index is 5.90. The van der Waals surface area contributed by atoms with E-state index >= 15 is 0 Å². The van der Waals surface area contributed by atoms with Crippen molar-refractivity contribution in [2.75, 3.05) is 18.6 Å². The van der Waals surface area contributed by atoms with Gasteiger partial charge < -0.3 is 9.72 Å². The molecule has 1 N–H and O–H groups in total. The van der Waals surface area contributed by atoms with Gasteiger partial charge in [0.2, 0.25) is 0 Å². The molecule has 0 unspecified atom stereocenters. The number of aromatic amines is 1. The molecule has 0 saturated carbocycles. The summed E-state index contributed by atoms with van der Waals surface area (Å²) in [6.45, 7) is 3.41. The SMILES string of the molecule is BrCOc1cc(-c2ccc(C[N+]3(c4ccccc4)CCCCCC3)[nH]2)cc2ccccc12. The zero-order valence-corrected chi connectivity index (χ0v) is 20.0. The van der Waals surface area contributed by atoms with Crippen LogP contribution in [0.1, 0.15) is 31.4 Å². The van der Waals surface area contributed by atoms with E-state index in [1.165, 1.54) is 55.5 Å². The number of nitrogens with zero attached hydrogens (tertiary/aromatic N) is 1. The summed E-state index contributed by atoms with van der Waals surface area (Å²) in [6, 6.07) is 28.4. The van der Waals surface area contributed by atoms with Crippen molar-refractivity contribution in [1.82, 2.24) is 9.47 Å². The molecule has 2 heterocycles. The Hall–Kier alpha value is -2.56. The Labute approximate surface area is 198 Å². The van der Waals surface area contributed by atoms with Crippen LogP contribution in [0.25, 0.3) is 22.0 Å². The Bertz CT molecular complexity index is 1180. The average molecular weight is 490 g/mol. The first kappa shape index (κ1) is 21.3. The quantitative estimate of drug-likeness (QED) is 0.218. The van der Waals surface area contributed by atoms with Gasteiger partial charge in [-0.05, 0) is 83.4 Å². The summed E-state index contributed by atoms with van der Waals surface area (Å²) in [5.41, 5.74) is 5.51. The van der Waals surface area contributed by atoms with Gasteiger partial charge in [0, 0.05) is 16.6 Å². The number of ether oxygens (including phenoxy) is 1. The van der Waals surface area contributed by atoms with Gasteiger partial charge in [-0.15, -0.1) is 0 Å². The number of aromatic nitrogens is 1. The van der Waals surface area contributed by atoms with Gasteiger partial charge >= 0.3 is 0 Å². The van der Waals surface area contributed by atoms with Crippen molar-refractivity contribution < 1.29 is 4.74 Å². The molecule has 1 aliphatic rings. The molecule has 3 nitrogen and oxygen atoms in total. The molecule has 0 bridgehead atoms. The average Bonchev–Trinajstić information content (AvgIpc) is 3.16. The lowest BCUT2D eigenvalue weighted by atomic mass is 10.0. The summed E-state index contributed by atoms with van der Waals surface area (Å²) in [6.07, 6.45) is 5.27. The number of hydrogen-bond acceptors (Lipinski definition) is 1. The molecule has 3 aromatic carbocycles. The van der Waals surface area contributed by atoms with E-state index in [0.717, 1.165) is 33.4 Å². The molecule has 4 heteroatoms. The molecule has 4 aromatic rings. The third kappa shape index (κ3) is 4.35. The van der Waals surface area contributed by atoms with E-state index < -0.39 is 0 Å². The van der Waals surface area contributed by atoms with Crippen molar-refractivity contribution >= 4 is 32.4 Å². The van der Waals surface area contributed by atoms with E-state index in [9.17, 15) is 0 Å². The number of halogens is 1. The van der Waals surface area contributed by atoms with Crippen LogP contribution in [0.2, 0.25) is 0 Å². The molecule has 32 heavy (non-hydrogen) atoms. The summed E-state index contributed by atoms with van der Waals surface area (Å²) in [7, 11) is 0. The molecule has 0 atom stereocenters. The molecule has 0 radical (unpaired) electrons. The van der Waals surface area contributed by atoms with Crippen LogP contribution in [0.5, 0.6) is 5.75 Å². The second-order valence-corrected chi connectivity index (χ2v) is 9.30. The molecule has 0 aliphatic carbocycles. The number of alkyl halides is 1. The van der Waals surface area contributed by atoms with E-state index in [0.29, 0.717) is 5.52 Å². The molecule has 1 fully saturated rings. The Kier molecular flexibility index (Phi) is 6.33. The predicted octanol–water partition coefficient (Wildman–Crippen LogP) is 7.65. The topological polar surface area (TPSA) is 25.0 Å². The van der Waals surface area contributed by atoms with Crippen molar-refractivity contribution in [1.29, 1.82) is 0 Å². The molecule has 0 spiro atoms. The van der Waals surface area contributed by atoms with E-state index in [2.05, 4.69) is 99.8 Å². The Morgan fingerprint density at radius 2 is 1.56 bits per heavy atom. The first-order valence-electron chi connectivity index (χ1n) is 11.6. The maximum Gasteiger partial charge on any atom is 0.143 e. The summed E-state index contributed by atoms with van der Waals surface area (Å²) < 4.78 is 6.94. The second kappa shape index (κ2) is 9.51. The van der Waals surface area contributed by atoms with Crippen LogP contribution in [0, 0.1) is 0 Å². The number of quaternary nitrogens is 1. The maximum absolute atomic E-state index is 5.90. The van der Waals surface area contributed by atoms with E-state index in [1.54, 1.807) is 0 Å². The van der Waals surface area contributed by atoms with E-state index in [4.69, 9.17) is 4.74 Å². The fourth-order valence-corrected chi connectivity index (χ4v) is 5.43. The number of benzene rings is 3. The number of para-hydroxylation sites is 1. The lowest BCUT2D eigenvalue weighted by Crippen LogP contribution is -2.49. The molecule has 1 aliphatic heterocycles. The van der Waals surface area contributed by atoms with Gasteiger partial charge in [-0.2, -0.15) is 0 Å². The first-order valence-corrected chi connectivity index (χ1v) is 12.7. The Morgan fingerprint density at radius 3 is 2.34 bits per heavy atom. The first-order chi connectivity index (χ1) is 15.8. The van der Waals surface area contributed by atoms with Gasteiger partial charge in [-0.25, -0.2) is 0 Å². The molecule has 1 saturated heterocycles. The Balaban J connectivity index is 1.49. The summed E-state index contributed by atoms with van der Waals surface area (Å²) in [5.74, 6) is 0.909. The zero-order chi connectivity index (χ0) is 21.8. The Morgan fingerprint density at radius 1 is 0.812 bits per heavy atom. The smallest absolute Gasteiger partial charge is 0.143 e. The largest absolute Gasteiger partial charge is 0.482 e. The predicted molar refractivity (Wildman–Crippen MR) is 138 cm³/mol. The zero-order valence-electron chi connectivity index (χ0n) is 18.4. The number of H-pyrrole nitrogens is 1. The van der Waals surface area contributed by atoms with Crippen LogP contribution in [0.15, 0.2) is 78.9 Å². The summed E-state index contributed by atoms with van der Waals surface area (Å²) in [4.78, 5) is 3.74. The molecule has 0 amide bonds. The third-order valence-electron chi connectivity index (χ3n) is 6.79. The minimum Gasteiger partial charge on any atom is -0.482 e. The van der Waals surface area contributed by atoms with Crippen LogP contribution >= 0.6 is 15.9 Å². The van der Waals surface area contributed by atoms with Crippen molar-refractivity contribution in [3.63, 3.8) is 0 Å². The van der Waals surface area contributed by atoms with Gasteiger partial charge in [-0.1, -0.05) is 42.5 Å². The summed E-state index contributed by atoms with van der Waals surface area (Å²) >= 11 is 3.41. The monoisotopic (exact) mass is 489 g/mol. The van der Waals surface area contributed by atoms with Crippen molar-refractivity contribution in [2.45, 2.75) is 32.2 Å². The van der Waals surface area contributed by atoms with Crippen LogP contribution in [0.3, 0.4) is 0 Å². The molecule has 1 aromatic heterocycles. The molecule has 5 rings (SSSR count). The molecule has 164 valence electrons. The van der Waals surface area contributed by atoms with Crippen LogP contribution in [-0.2, 0) is 6.54 Å². The van der Waals surface area contributed by atoms with Gasteiger partial charge in [0.05, 0.1) is 18.8 Å². The number of nitrogens with one attached hydrogen (secondary N) is 1. The highest BCUT2D eigenvalue weighted by Gasteiger charge is 2.32. The number of hydrogen-bond donors (Lipinski definition) is 1. The van der Waals surface area contributed by atoms with Crippen molar-refractivity contribution in [3.05, 3.63) is 84.6 Å². The minimum atomic E-state index is 0.480. The van der Waals surface area contributed by atoms with Gasteiger partial charge in [-0.3, -0.25) is 4.48 Å². The third-order valence-corrected chi connectivity index (χ3v) is 7.02. The van der Waals surface area contributed by atoms with Gasteiger partial charge in [0.15, 0.2) is 0 Å². The lowest BCUT2D eigenvalue weighted by molar-refractivity contribution is 0.271. The van der Waals surface area contributed by atoms with Crippen molar-refractivity contribution in [2.24, 2.45) is 0 Å². The fraction of sp³-hybridized carbons (Fsp3) is 0.286. The van der Waals surface area contributed by atoms with E-state index in [-0.39, 0.29) is 0 Å². The lowest BCUT2D eigenvalue weighted by Gasteiger charge is -2.37. The van der Waals surface area contributed by atoms with Crippen LogP contribution in [0.4, 0.5) is 5.69 Å². The highest BCUT2D eigenvalue weighted by Crippen LogP contribution is 2.34. The van der Waals surface area contributed by atoms with Crippen LogP contribution < -0.4 is 9.22 Å². The molecular formula is C28H30BrN2O+. The minimum absolute atomic E-state index is 0.480. The normalized spacial score (nSPS) is 16.0. The van der Waals surface area contributed by atoms with Gasteiger partial charge in [0.1, 0.15) is 23.5 Å². The highest BCUT2D eigenvalue weighted by atomic mass is 79.9. The number of rotatable bonds is 6. The number of likely N-dealkylation sites (tertiary alicyclic amines) is 1. The van der Waals surface area contributed by atoms with Crippen LogP contribution in [-0.4, -0.2) is 23.6 Å². The molecular weight excluding hydrogens is 460 g/mol. The second-order valence-electron chi connectivity index (χ2n) is 8.85.